The molecule has 1 rings (SSSR count). The van der Waals surface area contributed by atoms with Crippen LogP contribution in [0.1, 0.15) is 39.5 Å². The van der Waals surface area contributed by atoms with Gasteiger partial charge in [-0.05, 0) is 25.4 Å². The molecule has 1 aliphatic heterocycles. The van der Waals surface area contributed by atoms with Crippen LogP contribution in [0, 0.1) is 0 Å². The van der Waals surface area contributed by atoms with E-state index in [0.29, 0.717) is 6.17 Å². The summed E-state index contributed by atoms with van der Waals surface area (Å²) in [7, 11) is 2.05. The van der Waals surface area contributed by atoms with Gasteiger partial charge in [0.2, 0.25) is 0 Å². The Balaban J connectivity index is 2.22. The minimum atomic E-state index is 0.0802. The summed E-state index contributed by atoms with van der Waals surface area (Å²) >= 11 is 5.33. The van der Waals surface area contributed by atoms with Crippen molar-refractivity contribution < 1.29 is 0 Å². The van der Waals surface area contributed by atoms with Gasteiger partial charge >= 0.3 is 0 Å². The molecule has 3 nitrogen and oxygen atoms in total. The van der Waals surface area contributed by atoms with Crippen LogP contribution in [0.2, 0.25) is 0 Å². The van der Waals surface area contributed by atoms with E-state index < -0.39 is 0 Å². The van der Waals surface area contributed by atoms with Crippen LogP contribution in [-0.4, -0.2) is 35.2 Å². The molecule has 0 aliphatic carbocycles. The second-order valence-electron chi connectivity index (χ2n) is 4.02. The lowest BCUT2D eigenvalue weighted by Crippen LogP contribution is -2.37. The molecule has 1 N–H and O–H groups in total. The van der Waals surface area contributed by atoms with Gasteiger partial charge in [0.1, 0.15) is 0 Å². The number of hydrogen-bond donors (Lipinski definition) is 1. The standard InChI is InChI=1S/C10H23N3S/c1-4-5-6-7-8-13-9(2)12(3)11-10(13)14/h9-11,14H,4-8H2,1-3H3/p-1. The van der Waals surface area contributed by atoms with Crippen LogP contribution in [0.4, 0.5) is 0 Å². The third-order valence-corrected chi connectivity index (χ3v) is 3.30. The average molecular weight is 216 g/mol. The second-order valence-corrected chi connectivity index (χ2v) is 4.47. The zero-order valence-corrected chi connectivity index (χ0v) is 10.3. The van der Waals surface area contributed by atoms with Gasteiger partial charge < -0.3 is 12.6 Å². The first-order valence-electron chi connectivity index (χ1n) is 5.57. The van der Waals surface area contributed by atoms with Crippen LogP contribution in [0.25, 0.3) is 0 Å². The molecule has 0 radical (unpaired) electrons. The Labute approximate surface area is 93.2 Å². The molecule has 1 saturated heterocycles. The highest BCUT2D eigenvalue weighted by Gasteiger charge is 2.25. The summed E-state index contributed by atoms with van der Waals surface area (Å²) in [6.45, 7) is 5.55. The Hall–Kier alpha value is 0.230. The summed E-state index contributed by atoms with van der Waals surface area (Å²) in [6.07, 6.45) is 5.66. The summed E-state index contributed by atoms with van der Waals surface area (Å²) in [6, 6.07) is 0. The first-order chi connectivity index (χ1) is 6.66. The van der Waals surface area contributed by atoms with Crippen molar-refractivity contribution in [2.24, 2.45) is 0 Å². The van der Waals surface area contributed by atoms with Gasteiger partial charge in [-0.3, -0.25) is 10.3 Å². The number of hydrazine groups is 1. The average Bonchev–Trinajstić information content (AvgIpc) is 2.38. The predicted octanol–water partition coefficient (Wildman–Crippen LogP) is 1.50. The molecule has 1 heterocycles. The molecule has 1 fully saturated rings. The SMILES string of the molecule is CCCCCCN1C([S-])NN(C)C1C. The van der Waals surface area contributed by atoms with E-state index in [2.05, 4.69) is 36.2 Å². The van der Waals surface area contributed by atoms with Crippen molar-refractivity contribution in [2.45, 2.75) is 51.2 Å². The highest BCUT2D eigenvalue weighted by Crippen LogP contribution is 2.14. The van der Waals surface area contributed by atoms with E-state index in [1.807, 2.05) is 0 Å². The van der Waals surface area contributed by atoms with Gasteiger partial charge in [-0.25, -0.2) is 5.01 Å². The maximum atomic E-state index is 5.33. The van der Waals surface area contributed by atoms with Gasteiger partial charge in [-0.1, -0.05) is 26.2 Å². The fourth-order valence-electron chi connectivity index (χ4n) is 1.80. The van der Waals surface area contributed by atoms with Crippen molar-refractivity contribution in [3.05, 3.63) is 0 Å². The smallest absolute Gasteiger partial charge is 0.0722 e. The molecule has 0 amide bonds. The molecule has 4 heteroatoms. The molecule has 1 aliphatic rings. The number of hydrogen-bond acceptors (Lipinski definition) is 4. The zero-order chi connectivity index (χ0) is 10.6. The molecule has 0 aromatic heterocycles. The second kappa shape index (κ2) is 5.95. The summed E-state index contributed by atoms with van der Waals surface area (Å²) in [5, 5.41) is 2.09. The van der Waals surface area contributed by atoms with Crippen LogP contribution >= 0.6 is 0 Å². The van der Waals surface area contributed by atoms with Crippen molar-refractivity contribution in [2.75, 3.05) is 13.6 Å². The number of nitrogens with one attached hydrogen (secondary N) is 1. The van der Waals surface area contributed by atoms with Gasteiger partial charge in [0, 0.05) is 7.05 Å². The van der Waals surface area contributed by atoms with Gasteiger partial charge in [-0.15, -0.1) is 0 Å². The molecular weight excluding hydrogens is 194 g/mol. The molecule has 0 aromatic rings. The van der Waals surface area contributed by atoms with Gasteiger partial charge in [-0.2, -0.15) is 0 Å². The molecule has 2 atom stereocenters. The van der Waals surface area contributed by atoms with Crippen molar-refractivity contribution >= 4 is 12.6 Å². The third-order valence-electron chi connectivity index (χ3n) is 2.93. The van der Waals surface area contributed by atoms with Gasteiger partial charge in [0.25, 0.3) is 0 Å². The topological polar surface area (TPSA) is 18.5 Å². The Morgan fingerprint density at radius 2 is 2.00 bits per heavy atom. The minimum absolute atomic E-state index is 0.0802. The lowest BCUT2D eigenvalue weighted by atomic mass is 10.2. The Morgan fingerprint density at radius 1 is 1.29 bits per heavy atom. The maximum absolute atomic E-state index is 5.33. The normalized spacial score (nSPS) is 30.0. The predicted molar refractivity (Wildman–Crippen MR) is 62.4 cm³/mol. The molecule has 84 valence electrons. The van der Waals surface area contributed by atoms with Crippen molar-refractivity contribution in [1.82, 2.24) is 15.3 Å². The third kappa shape index (κ3) is 3.12. The van der Waals surface area contributed by atoms with Gasteiger partial charge in [0.15, 0.2) is 0 Å². The Morgan fingerprint density at radius 3 is 2.50 bits per heavy atom. The summed E-state index contributed by atoms with van der Waals surface area (Å²) < 4.78 is 0. The van der Waals surface area contributed by atoms with E-state index in [0.717, 1.165) is 6.54 Å². The molecule has 0 bridgehead atoms. The van der Waals surface area contributed by atoms with Crippen molar-refractivity contribution in [1.29, 1.82) is 0 Å². The number of rotatable bonds is 5. The first-order valence-corrected chi connectivity index (χ1v) is 6.04. The zero-order valence-electron chi connectivity index (χ0n) is 9.49. The van der Waals surface area contributed by atoms with E-state index in [1.54, 1.807) is 0 Å². The Kier molecular flexibility index (Phi) is 5.23. The van der Waals surface area contributed by atoms with E-state index in [1.165, 1.54) is 25.7 Å². The molecule has 0 saturated carbocycles. The number of nitrogens with zero attached hydrogens (tertiary/aromatic N) is 2. The van der Waals surface area contributed by atoms with Crippen LogP contribution in [0.3, 0.4) is 0 Å². The highest BCUT2D eigenvalue weighted by molar-refractivity contribution is 7.59. The monoisotopic (exact) mass is 216 g/mol. The van der Waals surface area contributed by atoms with E-state index in [4.69, 9.17) is 12.6 Å². The van der Waals surface area contributed by atoms with E-state index >= 15 is 0 Å². The largest absolute Gasteiger partial charge is 0.757 e. The molecule has 14 heavy (non-hydrogen) atoms. The summed E-state index contributed by atoms with van der Waals surface area (Å²) in [5.41, 5.74) is 3.31. The fraction of sp³-hybridized carbons (Fsp3) is 1.00. The quantitative estimate of drug-likeness (QED) is 0.554. The summed E-state index contributed by atoms with van der Waals surface area (Å²) in [4.78, 5) is 2.34. The maximum Gasteiger partial charge on any atom is 0.0722 e. The first kappa shape index (κ1) is 12.3. The molecular formula is C10H22N3S-. The highest BCUT2D eigenvalue weighted by atomic mass is 32.1. The lowest BCUT2D eigenvalue weighted by molar-refractivity contribution is 0.158. The van der Waals surface area contributed by atoms with Crippen LogP contribution in [0.5, 0.6) is 0 Å². The van der Waals surface area contributed by atoms with Crippen LogP contribution in [-0.2, 0) is 12.6 Å². The van der Waals surface area contributed by atoms with Crippen molar-refractivity contribution in [3.63, 3.8) is 0 Å². The Bertz CT molecular complexity index is 165. The van der Waals surface area contributed by atoms with Crippen molar-refractivity contribution in [3.8, 4) is 0 Å². The molecule has 0 aromatic carbocycles. The fourth-order valence-corrected chi connectivity index (χ4v) is 2.25. The minimum Gasteiger partial charge on any atom is -0.757 e. The van der Waals surface area contributed by atoms with E-state index in [-0.39, 0.29) is 5.50 Å². The lowest BCUT2D eigenvalue weighted by Gasteiger charge is -2.30. The molecule has 0 spiro atoms. The number of unbranched alkanes of at least 4 members (excludes halogenated alkanes) is 3. The van der Waals surface area contributed by atoms with Gasteiger partial charge in [0.05, 0.1) is 6.17 Å². The van der Waals surface area contributed by atoms with Crippen LogP contribution in [0.15, 0.2) is 0 Å². The summed E-state index contributed by atoms with van der Waals surface area (Å²) in [5.74, 6) is 0. The van der Waals surface area contributed by atoms with E-state index in [9.17, 15) is 0 Å². The van der Waals surface area contributed by atoms with Crippen LogP contribution < -0.4 is 5.43 Å². The molecule has 2 unspecified atom stereocenters.